The van der Waals surface area contributed by atoms with Crippen LogP contribution in [0.1, 0.15) is 13.8 Å². The summed E-state index contributed by atoms with van der Waals surface area (Å²) in [5, 5.41) is 11.6. The lowest BCUT2D eigenvalue weighted by Gasteiger charge is -2.35. The van der Waals surface area contributed by atoms with Crippen LogP contribution in [0.25, 0.3) is 11.4 Å². The molecule has 1 aromatic carbocycles. The summed E-state index contributed by atoms with van der Waals surface area (Å²) in [5.41, 5.74) is 0.990. The van der Waals surface area contributed by atoms with Crippen molar-refractivity contribution in [1.29, 1.82) is 0 Å². The van der Waals surface area contributed by atoms with Crippen LogP contribution in [0.15, 0.2) is 24.3 Å². The van der Waals surface area contributed by atoms with Crippen molar-refractivity contribution in [2.24, 2.45) is 0 Å². The first-order valence-electron chi connectivity index (χ1n) is 6.81. The highest BCUT2D eigenvalue weighted by Gasteiger charge is 2.23. The van der Waals surface area contributed by atoms with E-state index in [0.29, 0.717) is 12.1 Å². The smallest absolute Gasteiger partial charge is 0.245 e. The number of H-pyrrole nitrogens is 1. The topological polar surface area (TPSA) is 56.8 Å². The Kier molecular flexibility index (Phi) is 3.63. The first kappa shape index (κ1) is 13.4. The molecule has 106 valence electrons. The summed E-state index contributed by atoms with van der Waals surface area (Å²) in [6.45, 7) is 6.19. The summed E-state index contributed by atoms with van der Waals surface area (Å²) in [6.07, 6.45) is 0. The van der Waals surface area contributed by atoms with Gasteiger partial charge in [0.25, 0.3) is 0 Å². The van der Waals surface area contributed by atoms with Crippen molar-refractivity contribution in [3.63, 3.8) is 0 Å². The normalized spacial score (nSPS) is 23.1. The molecule has 1 fully saturated rings. The van der Waals surface area contributed by atoms with Crippen molar-refractivity contribution in [3.8, 4) is 11.4 Å². The number of hydrogen-bond donors (Lipinski definition) is 2. The molecule has 1 saturated heterocycles. The molecule has 0 saturated carbocycles. The van der Waals surface area contributed by atoms with E-state index in [1.807, 2.05) is 24.3 Å². The van der Waals surface area contributed by atoms with E-state index >= 15 is 0 Å². The summed E-state index contributed by atoms with van der Waals surface area (Å²) in [4.78, 5) is 6.80. The lowest BCUT2D eigenvalue weighted by Crippen LogP contribution is -2.54. The Labute approximate surface area is 123 Å². The molecule has 2 unspecified atom stereocenters. The molecule has 1 aliphatic rings. The van der Waals surface area contributed by atoms with Gasteiger partial charge < -0.3 is 10.2 Å². The second-order valence-corrected chi connectivity index (χ2v) is 5.80. The van der Waals surface area contributed by atoms with E-state index in [1.165, 1.54) is 0 Å². The summed E-state index contributed by atoms with van der Waals surface area (Å²) in [7, 11) is 0. The van der Waals surface area contributed by atoms with E-state index in [9.17, 15) is 0 Å². The predicted octanol–water partition coefficient (Wildman–Crippen LogP) is 2.31. The SMILES string of the molecule is CC1CN(c2n[nH]c(-c3ccc(Cl)cc3)n2)CC(C)N1. The molecule has 0 bridgehead atoms. The van der Waals surface area contributed by atoms with Crippen LogP contribution >= 0.6 is 11.6 Å². The number of halogens is 1. The third-order valence-corrected chi connectivity index (χ3v) is 3.68. The van der Waals surface area contributed by atoms with Crippen LogP contribution in [-0.4, -0.2) is 40.4 Å². The van der Waals surface area contributed by atoms with Gasteiger partial charge in [0.15, 0.2) is 5.82 Å². The van der Waals surface area contributed by atoms with Crippen LogP contribution in [0.4, 0.5) is 5.95 Å². The average Bonchev–Trinajstić information content (AvgIpc) is 2.88. The van der Waals surface area contributed by atoms with Gasteiger partial charge in [0, 0.05) is 35.8 Å². The molecule has 3 rings (SSSR count). The predicted molar refractivity (Wildman–Crippen MR) is 81.1 cm³/mol. The van der Waals surface area contributed by atoms with Crippen LogP contribution in [0.3, 0.4) is 0 Å². The lowest BCUT2D eigenvalue weighted by molar-refractivity contribution is 0.403. The van der Waals surface area contributed by atoms with Gasteiger partial charge in [-0.3, -0.25) is 5.10 Å². The largest absolute Gasteiger partial charge is 0.336 e. The monoisotopic (exact) mass is 291 g/mol. The summed E-state index contributed by atoms with van der Waals surface area (Å²) in [6, 6.07) is 8.47. The fourth-order valence-corrected chi connectivity index (χ4v) is 2.75. The van der Waals surface area contributed by atoms with Gasteiger partial charge in [-0.1, -0.05) is 11.6 Å². The van der Waals surface area contributed by atoms with Crippen molar-refractivity contribution in [2.75, 3.05) is 18.0 Å². The molecule has 2 N–H and O–H groups in total. The third-order valence-electron chi connectivity index (χ3n) is 3.43. The highest BCUT2D eigenvalue weighted by atomic mass is 35.5. The zero-order valence-corrected chi connectivity index (χ0v) is 12.4. The number of rotatable bonds is 2. The summed E-state index contributed by atoms with van der Waals surface area (Å²) < 4.78 is 0. The van der Waals surface area contributed by atoms with E-state index in [4.69, 9.17) is 11.6 Å². The molecule has 2 aromatic rings. The third kappa shape index (κ3) is 2.78. The number of aromatic nitrogens is 3. The molecule has 6 heteroatoms. The number of piperazine rings is 1. The van der Waals surface area contributed by atoms with Gasteiger partial charge in [-0.05, 0) is 38.1 Å². The van der Waals surface area contributed by atoms with E-state index < -0.39 is 0 Å². The van der Waals surface area contributed by atoms with E-state index in [0.717, 1.165) is 35.4 Å². The molecule has 2 atom stereocenters. The zero-order chi connectivity index (χ0) is 14.1. The number of anilines is 1. The molecular weight excluding hydrogens is 274 g/mol. The molecule has 0 spiro atoms. The Hall–Kier alpha value is -1.59. The Bertz CT molecular complexity index is 570. The van der Waals surface area contributed by atoms with Crippen molar-refractivity contribution in [2.45, 2.75) is 25.9 Å². The minimum atomic E-state index is 0.441. The first-order chi connectivity index (χ1) is 9.61. The zero-order valence-electron chi connectivity index (χ0n) is 11.6. The fraction of sp³-hybridized carbons (Fsp3) is 0.429. The highest BCUT2D eigenvalue weighted by Crippen LogP contribution is 2.21. The maximum Gasteiger partial charge on any atom is 0.245 e. The minimum Gasteiger partial charge on any atom is -0.336 e. The van der Waals surface area contributed by atoms with Crippen LogP contribution < -0.4 is 10.2 Å². The van der Waals surface area contributed by atoms with Gasteiger partial charge >= 0.3 is 0 Å². The van der Waals surface area contributed by atoms with Gasteiger partial charge in [-0.25, -0.2) is 0 Å². The maximum atomic E-state index is 5.90. The van der Waals surface area contributed by atoms with Crippen molar-refractivity contribution < 1.29 is 0 Å². The van der Waals surface area contributed by atoms with Gasteiger partial charge in [0.2, 0.25) is 5.95 Å². The molecule has 5 nitrogen and oxygen atoms in total. The van der Waals surface area contributed by atoms with Gasteiger partial charge in [-0.15, -0.1) is 5.10 Å². The summed E-state index contributed by atoms with van der Waals surface area (Å²) >= 11 is 5.90. The molecule has 2 heterocycles. The molecule has 0 radical (unpaired) electrons. The van der Waals surface area contributed by atoms with Crippen LogP contribution in [0.5, 0.6) is 0 Å². The number of aromatic amines is 1. The molecular formula is C14H18ClN5. The molecule has 0 aliphatic carbocycles. The van der Waals surface area contributed by atoms with E-state index in [-0.39, 0.29) is 0 Å². The van der Waals surface area contributed by atoms with Gasteiger partial charge in [0.1, 0.15) is 0 Å². The number of nitrogens with zero attached hydrogens (tertiary/aromatic N) is 3. The van der Waals surface area contributed by atoms with Crippen LogP contribution in [0, 0.1) is 0 Å². The highest BCUT2D eigenvalue weighted by molar-refractivity contribution is 6.30. The quantitative estimate of drug-likeness (QED) is 0.891. The van der Waals surface area contributed by atoms with Gasteiger partial charge in [0.05, 0.1) is 0 Å². The second kappa shape index (κ2) is 5.42. The minimum absolute atomic E-state index is 0.441. The van der Waals surface area contributed by atoms with E-state index in [2.05, 4.69) is 39.2 Å². The molecule has 0 amide bonds. The van der Waals surface area contributed by atoms with Gasteiger partial charge in [-0.2, -0.15) is 4.98 Å². The Morgan fingerprint density at radius 1 is 1.15 bits per heavy atom. The number of nitrogens with one attached hydrogen (secondary N) is 2. The first-order valence-corrected chi connectivity index (χ1v) is 7.19. The Balaban J connectivity index is 1.81. The van der Waals surface area contributed by atoms with Crippen LogP contribution in [-0.2, 0) is 0 Å². The van der Waals surface area contributed by atoms with E-state index in [1.54, 1.807) is 0 Å². The Morgan fingerprint density at radius 2 is 1.80 bits per heavy atom. The standard InChI is InChI=1S/C14H18ClN5/c1-9-7-20(8-10(2)16-9)14-17-13(18-19-14)11-3-5-12(15)6-4-11/h3-6,9-10,16H,7-8H2,1-2H3,(H,17,18,19). The Morgan fingerprint density at radius 3 is 2.45 bits per heavy atom. The lowest BCUT2D eigenvalue weighted by atomic mass is 10.1. The average molecular weight is 292 g/mol. The van der Waals surface area contributed by atoms with Crippen molar-refractivity contribution >= 4 is 17.5 Å². The molecule has 20 heavy (non-hydrogen) atoms. The fourth-order valence-electron chi connectivity index (χ4n) is 2.62. The van der Waals surface area contributed by atoms with Crippen molar-refractivity contribution in [3.05, 3.63) is 29.3 Å². The maximum absolute atomic E-state index is 5.90. The molecule has 1 aromatic heterocycles. The van der Waals surface area contributed by atoms with Crippen molar-refractivity contribution in [1.82, 2.24) is 20.5 Å². The number of benzene rings is 1. The summed E-state index contributed by atoms with van der Waals surface area (Å²) in [5.74, 6) is 1.53. The van der Waals surface area contributed by atoms with Crippen LogP contribution in [0.2, 0.25) is 5.02 Å². The molecule has 1 aliphatic heterocycles. The number of hydrogen-bond acceptors (Lipinski definition) is 4. The second-order valence-electron chi connectivity index (χ2n) is 5.36.